The quantitative estimate of drug-likeness (QED) is 0.605. The van der Waals surface area contributed by atoms with Gasteiger partial charge in [-0.3, -0.25) is 4.79 Å². The summed E-state index contributed by atoms with van der Waals surface area (Å²) in [5, 5.41) is 0. The minimum atomic E-state index is -2.92. The number of nitrogens with two attached hydrogens (primary N) is 1. The van der Waals surface area contributed by atoms with Crippen LogP contribution in [0.5, 0.6) is 0 Å². The highest BCUT2D eigenvalue weighted by atomic mass is 32.2. The molecule has 0 aromatic rings. The Hall–Kier alpha value is -0.420. The lowest BCUT2D eigenvalue weighted by atomic mass is 9.90. The van der Waals surface area contributed by atoms with Crippen LogP contribution in [0.1, 0.15) is 19.8 Å². The maximum Gasteiger partial charge on any atom is 0.150 e. The predicted molar refractivity (Wildman–Crippen MR) is 45.5 cm³/mol. The van der Waals surface area contributed by atoms with E-state index >= 15 is 0 Å². The van der Waals surface area contributed by atoms with Crippen molar-refractivity contribution in [2.45, 2.75) is 25.3 Å². The topological polar surface area (TPSA) is 77.2 Å². The molecule has 0 bridgehead atoms. The third-order valence-electron chi connectivity index (χ3n) is 2.42. The fourth-order valence-corrected chi connectivity index (χ4v) is 2.81. The van der Waals surface area contributed by atoms with Gasteiger partial charge in [0, 0.05) is 0 Å². The molecular formula is C7H13NO3S. The molecule has 0 radical (unpaired) electrons. The first kappa shape index (κ1) is 9.67. The van der Waals surface area contributed by atoms with Crippen LogP contribution < -0.4 is 5.73 Å². The molecule has 1 fully saturated rings. The summed E-state index contributed by atoms with van der Waals surface area (Å²) < 4.78 is 22.0. The van der Waals surface area contributed by atoms with E-state index in [1.54, 1.807) is 0 Å². The minimum Gasteiger partial charge on any atom is -0.319 e. The van der Waals surface area contributed by atoms with E-state index in [9.17, 15) is 13.2 Å². The molecule has 0 amide bonds. The van der Waals surface area contributed by atoms with Gasteiger partial charge >= 0.3 is 0 Å². The van der Waals surface area contributed by atoms with Crippen molar-refractivity contribution in [1.82, 2.24) is 0 Å². The Morgan fingerprint density at radius 3 is 2.08 bits per heavy atom. The van der Waals surface area contributed by atoms with Crippen LogP contribution in [0.2, 0.25) is 0 Å². The van der Waals surface area contributed by atoms with Gasteiger partial charge in [0.25, 0.3) is 0 Å². The molecule has 1 rings (SSSR count). The molecular weight excluding hydrogens is 178 g/mol. The van der Waals surface area contributed by atoms with Gasteiger partial charge < -0.3 is 5.73 Å². The Morgan fingerprint density at radius 2 is 1.75 bits per heavy atom. The lowest BCUT2D eigenvalue weighted by Crippen LogP contribution is -2.52. The second-order valence-electron chi connectivity index (χ2n) is 3.36. The number of ketones is 1. The van der Waals surface area contributed by atoms with Crippen molar-refractivity contribution in [2.75, 3.05) is 11.5 Å². The number of Topliss-reactive ketones (excluding diaryl/α,β-unsaturated/α-hetero) is 1. The summed E-state index contributed by atoms with van der Waals surface area (Å²) in [6, 6.07) is 0. The minimum absolute atomic E-state index is 0.0447. The molecule has 0 aromatic carbocycles. The standard InChI is InChI=1S/C7H13NO3S/c1-6(9)7(8)2-4-12(10,11)5-3-7/h2-5,8H2,1H3. The average molecular weight is 191 g/mol. The number of rotatable bonds is 1. The maximum absolute atomic E-state index is 11.0. The highest BCUT2D eigenvalue weighted by Crippen LogP contribution is 2.21. The number of carbonyl (C=O) groups is 1. The van der Waals surface area contributed by atoms with Crippen LogP contribution >= 0.6 is 0 Å². The van der Waals surface area contributed by atoms with Gasteiger partial charge in [0.05, 0.1) is 17.0 Å². The third kappa shape index (κ3) is 1.84. The monoisotopic (exact) mass is 191 g/mol. The summed E-state index contributed by atoms with van der Waals surface area (Å²) in [5.41, 5.74) is 4.83. The van der Waals surface area contributed by atoms with Crippen LogP contribution in [-0.4, -0.2) is 31.2 Å². The molecule has 12 heavy (non-hydrogen) atoms. The molecule has 1 aliphatic heterocycles. The van der Waals surface area contributed by atoms with Crippen molar-refractivity contribution >= 4 is 15.6 Å². The molecule has 0 spiro atoms. The van der Waals surface area contributed by atoms with Crippen molar-refractivity contribution < 1.29 is 13.2 Å². The molecule has 1 heterocycles. The van der Waals surface area contributed by atoms with E-state index in [-0.39, 0.29) is 30.1 Å². The molecule has 0 unspecified atom stereocenters. The van der Waals surface area contributed by atoms with Crippen LogP contribution in [0.3, 0.4) is 0 Å². The van der Waals surface area contributed by atoms with Gasteiger partial charge in [-0.2, -0.15) is 0 Å². The maximum atomic E-state index is 11.0. The Balaban J connectivity index is 2.74. The van der Waals surface area contributed by atoms with E-state index in [0.717, 1.165) is 0 Å². The lowest BCUT2D eigenvalue weighted by Gasteiger charge is -2.30. The fourth-order valence-electron chi connectivity index (χ4n) is 1.25. The van der Waals surface area contributed by atoms with Crippen molar-refractivity contribution in [3.63, 3.8) is 0 Å². The summed E-state index contributed by atoms with van der Waals surface area (Å²) in [5.74, 6) is -0.0241. The number of carbonyl (C=O) groups excluding carboxylic acids is 1. The smallest absolute Gasteiger partial charge is 0.150 e. The molecule has 0 atom stereocenters. The number of hydrogen-bond acceptors (Lipinski definition) is 4. The van der Waals surface area contributed by atoms with Gasteiger partial charge in [-0.15, -0.1) is 0 Å². The second kappa shape index (κ2) is 2.81. The van der Waals surface area contributed by atoms with Crippen molar-refractivity contribution in [2.24, 2.45) is 5.73 Å². The summed E-state index contributed by atoms with van der Waals surface area (Å²) in [4.78, 5) is 11.0. The normalized spacial score (nSPS) is 26.5. The predicted octanol–water partition coefficient (Wildman–Crippen LogP) is -0.518. The molecule has 0 aliphatic carbocycles. The van der Waals surface area contributed by atoms with E-state index in [1.165, 1.54) is 6.92 Å². The molecule has 4 nitrogen and oxygen atoms in total. The van der Waals surface area contributed by atoms with Crippen LogP contribution in [-0.2, 0) is 14.6 Å². The first-order valence-electron chi connectivity index (χ1n) is 3.86. The lowest BCUT2D eigenvalue weighted by molar-refractivity contribution is -0.122. The summed E-state index contributed by atoms with van der Waals surface area (Å²) in [6.45, 7) is 1.41. The van der Waals surface area contributed by atoms with Gasteiger partial charge in [0.2, 0.25) is 0 Å². The van der Waals surface area contributed by atoms with E-state index in [2.05, 4.69) is 0 Å². The Morgan fingerprint density at radius 1 is 1.33 bits per heavy atom. The van der Waals surface area contributed by atoms with Gasteiger partial charge in [0.1, 0.15) is 15.6 Å². The largest absolute Gasteiger partial charge is 0.319 e. The molecule has 1 aliphatic rings. The first-order valence-corrected chi connectivity index (χ1v) is 5.68. The molecule has 70 valence electrons. The summed E-state index contributed by atoms with van der Waals surface area (Å²) in [7, 11) is -2.92. The van der Waals surface area contributed by atoms with Crippen molar-refractivity contribution in [3.8, 4) is 0 Å². The summed E-state index contributed by atoms with van der Waals surface area (Å²) in [6.07, 6.45) is 0.537. The van der Waals surface area contributed by atoms with Crippen LogP contribution in [0.15, 0.2) is 0 Å². The third-order valence-corrected chi connectivity index (χ3v) is 4.07. The van der Waals surface area contributed by atoms with Gasteiger partial charge in [0.15, 0.2) is 0 Å². The first-order chi connectivity index (χ1) is 5.36. The SMILES string of the molecule is CC(=O)C1(N)CCS(=O)(=O)CC1. The summed E-state index contributed by atoms with van der Waals surface area (Å²) >= 11 is 0. The van der Waals surface area contributed by atoms with E-state index < -0.39 is 15.4 Å². The number of hydrogen-bond donors (Lipinski definition) is 1. The molecule has 1 saturated heterocycles. The molecule has 0 aromatic heterocycles. The van der Waals surface area contributed by atoms with Gasteiger partial charge in [-0.25, -0.2) is 8.42 Å². The Bertz CT molecular complexity index is 280. The second-order valence-corrected chi connectivity index (χ2v) is 5.67. The molecule has 0 saturated carbocycles. The van der Waals surface area contributed by atoms with E-state index in [4.69, 9.17) is 5.73 Å². The highest BCUT2D eigenvalue weighted by Gasteiger charge is 2.37. The zero-order chi connectivity index (χ0) is 9.41. The van der Waals surface area contributed by atoms with Crippen LogP contribution in [0.25, 0.3) is 0 Å². The van der Waals surface area contributed by atoms with Crippen molar-refractivity contribution in [1.29, 1.82) is 0 Å². The number of sulfone groups is 1. The van der Waals surface area contributed by atoms with Crippen molar-refractivity contribution in [3.05, 3.63) is 0 Å². The van der Waals surface area contributed by atoms with Crippen LogP contribution in [0.4, 0.5) is 0 Å². The zero-order valence-electron chi connectivity index (χ0n) is 7.04. The van der Waals surface area contributed by atoms with Gasteiger partial charge in [-0.1, -0.05) is 0 Å². The van der Waals surface area contributed by atoms with Gasteiger partial charge in [-0.05, 0) is 19.8 Å². The van der Waals surface area contributed by atoms with E-state index in [1.807, 2.05) is 0 Å². The molecule has 2 N–H and O–H groups in total. The average Bonchev–Trinajstić information content (AvgIpc) is 1.96. The van der Waals surface area contributed by atoms with E-state index in [0.29, 0.717) is 0 Å². The Labute approximate surface area is 72.0 Å². The highest BCUT2D eigenvalue weighted by molar-refractivity contribution is 7.91. The zero-order valence-corrected chi connectivity index (χ0v) is 7.86. The molecule has 5 heteroatoms. The van der Waals surface area contributed by atoms with Crippen LogP contribution in [0, 0.1) is 0 Å². The fraction of sp³-hybridized carbons (Fsp3) is 0.857. The Kier molecular flexibility index (Phi) is 2.27.